The maximum absolute atomic E-state index is 5.69. The van der Waals surface area contributed by atoms with Crippen molar-refractivity contribution in [3.63, 3.8) is 0 Å². The Labute approximate surface area is 96.0 Å². The van der Waals surface area contributed by atoms with Crippen LogP contribution in [0.1, 0.15) is 25.0 Å². The molecule has 15 heavy (non-hydrogen) atoms. The predicted octanol–water partition coefficient (Wildman–Crippen LogP) is 2.84. The van der Waals surface area contributed by atoms with Crippen LogP contribution in [0, 0.1) is 0 Å². The van der Waals surface area contributed by atoms with Crippen molar-refractivity contribution in [3.05, 3.63) is 23.3 Å². The van der Waals surface area contributed by atoms with Crippen LogP contribution in [0.3, 0.4) is 0 Å². The molecule has 0 N–H and O–H groups in total. The normalized spacial score (nSPS) is 18.5. The minimum Gasteiger partial charge on any atom is -0.494 e. The SMILES string of the molecule is CCOc1cc2c(cc1CS)OC(C)C2. The summed E-state index contributed by atoms with van der Waals surface area (Å²) in [6.07, 6.45) is 1.26. The molecule has 0 bridgehead atoms. The summed E-state index contributed by atoms with van der Waals surface area (Å²) in [4.78, 5) is 0. The third-order valence-corrected chi connectivity index (χ3v) is 2.89. The zero-order chi connectivity index (χ0) is 10.8. The van der Waals surface area contributed by atoms with Crippen molar-refractivity contribution in [2.24, 2.45) is 0 Å². The van der Waals surface area contributed by atoms with E-state index in [0.717, 1.165) is 23.5 Å². The lowest BCUT2D eigenvalue weighted by Crippen LogP contribution is -2.05. The number of hydrogen-bond acceptors (Lipinski definition) is 3. The largest absolute Gasteiger partial charge is 0.494 e. The molecule has 1 aromatic carbocycles. The van der Waals surface area contributed by atoms with Gasteiger partial charge in [-0.3, -0.25) is 0 Å². The molecule has 1 atom stereocenters. The van der Waals surface area contributed by atoms with Gasteiger partial charge in [-0.2, -0.15) is 12.6 Å². The first-order chi connectivity index (χ1) is 7.24. The van der Waals surface area contributed by atoms with Crippen molar-refractivity contribution >= 4 is 12.6 Å². The highest BCUT2D eigenvalue weighted by Gasteiger charge is 2.21. The summed E-state index contributed by atoms with van der Waals surface area (Å²) in [6.45, 7) is 4.77. The van der Waals surface area contributed by atoms with E-state index in [-0.39, 0.29) is 6.10 Å². The quantitative estimate of drug-likeness (QED) is 0.796. The highest BCUT2D eigenvalue weighted by Crippen LogP contribution is 2.35. The Kier molecular flexibility index (Phi) is 3.10. The Morgan fingerprint density at radius 2 is 2.33 bits per heavy atom. The maximum Gasteiger partial charge on any atom is 0.123 e. The van der Waals surface area contributed by atoms with Crippen LogP contribution in [0.5, 0.6) is 11.5 Å². The Morgan fingerprint density at radius 3 is 3.00 bits per heavy atom. The lowest BCUT2D eigenvalue weighted by molar-refractivity contribution is 0.254. The molecule has 1 aromatic rings. The van der Waals surface area contributed by atoms with Crippen LogP contribution in [-0.4, -0.2) is 12.7 Å². The second-order valence-electron chi connectivity index (χ2n) is 3.79. The van der Waals surface area contributed by atoms with Crippen LogP contribution in [0.25, 0.3) is 0 Å². The molecule has 0 fully saturated rings. The van der Waals surface area contributed by atoms with Crippen molar-refractivity contribution in [2.75, 3.05) is 6.61 Å². The van der Waals surface area contributed by atoms with E-state index in [0.29, 0.717) is 12.4 Å². The molecule has 3 heteroatoms. The molecule has 0 saturated heterocycles. The van der Waals surface area contributed by atoms with Gasteiger partial charge in [0, 0.05) is 23.3 Å². The Bertz CT molecular complexity index is 363. The first-order valence-electron chi connectivity index (χ1n) is 5.30. The molecule has 1 aliphatic rings. The van der Waals surface area contributed by atoms with E-state index in [2.05, 4.69) is 31.7 Å². The van der Waals surface area contributed by atoms with Gasteiger partial charge in [-0.05, 0) is 26.0 Å². The molecule has 0 amide bonds. The van der Waals surface area contributed by atoms with Gasteiger partial charge in [0.2, 0.25) is 0 Å². The summed E-state index contributed by atoms with van der Waals surface area (Å²) in [6, 6.07) is 4.14. The van der Waals surface area contributed by atoms with Gasteiger partial charge >= 0.3 is 0 Å². The summed E-state index contributed by atoms with van der Waals surface area (Å²) in [5, 5.41) is 0. The minimum atomic E-state index is 0.282. The molecule has 1 unspecified atom stereocenters. The van der Waals surface area contributed by atoms with Crippen molar-refractivity contribution in [2.45, 2.75) is 32.1 Å². The molecule has 1 heterocycles. The van der Waals surface area contributed by atoms with E-state index in [1.54, 1.807) is 0 Å². The van der Waals surface area contributed by atoms with Gasteiger partial charge in [0.15, 0.2) is 0 Å². The van der Waals surface area contributed by atoms with Gasteiger partial charge in [-0.1, -0.05) is 0 Å². The Balaban J connectivity index is 2.36. The molecule has 82 valence electrons. The molecule has 0 aromatic heterocycles. The second kappa shape index (κ2) is 4.35. The first kappa shape index (κ1) is 10.7. The summed E-state index contributed by atoms with van der Waals surface area (Å²) in [7, 11) is 0. The number of rotatable bonds is 3. The van der Waals surface area contributed by atoms with Crippen molar-refractivity contribution in [1.29, 1.82) is 0 Å². The summed E-state index contributed by atoms with van der Waals surface area (Å²) < 4.78 is 11.3. The van der Waals surface area contributed by atoms with E-state index >= 15 is 0 Å². The fraction of sp³-hybridized carbons (Fsp3) is 0.500. The number of benzene rings is 1. The van der Waals surface area contributed by atoms with E-state index in [4.69, 9.17) is 9.47 Å². The average molecular weight is 224 g/mol. The smallest absolute Gasteiger partial charge is 0.123 e. The van der Waals surface area contributed by atoms with Gasteiger partial charge in [0.05, 0.1) is 6.61 Å². The molecular formula is C12H16O2S. The zero-order valence-electron chi connectivity index (χ0n) is 9.12. The van der Waals surface area contributed by atoms with Gasteiger partial charge in [-0.25, -0.2) is 0 Å². The van der Waals surface area contributed by atoms with Gasteiger partial charge < -0.3 is 9.47 Å². The number of hydrogen-bond donors (Lipinski definition) is 1. The van der Waals surface area contributed by atoms with Gasteiger partial charge in [0.1, 0.15) is 17.6 Å². The monoisotopic (exact) mass is 224 g/mol. The zero-order valence-corrected chi connectivity index (χ0v) is 10.0. The number of fused-ring (bicyclic) bond motifs is 1. The van der Waals surface area contributed by atoms with Gasteiger partial charge in [0.25, 0.3) is 0 Å². The molecule has 0 saturated carbocycles. The third kappa shape index (κ3) is 2.07. The summed E-state index contributed by atoms with van der Waals surface area (Å²) in [5.41, 5.74) is 2.35. The molecule has 2 nitrogen and oxygen atoms in total. The van der Waals surface area contributed by atoms with Crippen LogP contribution in [0.2, 0.25) is 0 Å². The predicted molar refractivity (Wildman–Crippen MR) is 64.1 cm³/mol. The molecular weight excluding hydrogens is 208 g/mol. The molecule has 0 spiro atoms. The standard InChI is InChI=1S/C12H16O2S/c1-3-13-11-5-9-4-8(2)14-12(9)6-10(11)7-15/h5-6,8,15H,3-4,7H2,1-2H3. The van der Waals surface area contributed by atoms with E-state index in [1.807, 2.05) is 6.92 Å². The molecule has 1 aliphatic heterocycles. The van der Waals surface area contributed by atoms with Crippen molar-refractivity contribution in [3.8, 4) is 11.5 Å². The van der Waals surface area contributed by atoms with Crippen LogP contribution >= 0.6 is 12.6 Å². The fourth-order valence-corrected chi connectivity index (χ4v) is 2.14. The van der Waals surface area contributed by atoms with Crippen LogP contribution in [0.15, 0.2) is 12.1 Å². The van der Waals surface area contributed by atoms with Crippen molar-refractivity contribution in [1.82, 2.24) is 0 Å². The lowest BCUT2D eigenvalue weighted by Gasteiger charge is -2.10. The molecule has 0 aliphatic carbocycles. The highest BCUT2D eigenvalue weighted by atomic mass is 32.1. The second-order valence-corrected chi connectivity index (χ2v) is 4.11. The fourth-order valence-electron chi connectivity index (χ4n) is 1.89. The average Bonchev–Trinajstić information content (AvgIpc) is 2.56. The number of thiol groups is 1. The van der Waals surface area contributed by atoms with Crippen LogP contribution in [-0.2, 0) is 12.2 Å². The summed E-state index contributed by atoms with van der Waals surface area (Å²) >= 11 is 4.30. The third-order valence-electron chi connectivity index (χ3n) is 2.55. The lowest BCUT2D eigenvalue weighted by atomic mass is 10.1. The Morgan fingerprint density at radius 1 is 1.53 bits per heavy atom. The highest BCUT2D eigenvalue weighted by molar-refractivity contribution is 7.79. The first-order valence-corrected chi connectivity index (χ1v) is 5.94. The van der Waals surface area contributed by atoms with E-state index in [1.165, 1.54) is 5.56 Å². The van der Waals surface area contributed by atoms with E-state index in [9.17, 15) is 0 Å². The van der Waals surface area contributed by atoms with Crippen LogP contribution < -0.4 is 9.47 Å². The Hall–Kier alpha value is -0.830. The molecule has 2 rings (SSSR count). The molecule has 0 radical (unpaired) electrons. The maximum atomic E-state index is 5.69. The number of ether oxygens (including phenoxy) is 2. The van der Waals surface area contributed by atoms with Crippen LogP contribution in [0.4, 0.5) is 0 Å². The summed E-state index contributed by atoms with van der Waals surface area (Å²) in [5.74, 6) is 2.62. The van der Waals surface area contributed by atoms with E-state index < -0.39 is 0 Å². The van der Waals surface area contributed by atoms with Gasteiger partial charge in [-0.15, -0.1) is 0 Å². The minimum absolute atomic E-state index is 0.282. The topological polar surface area (TPSA) is 18.5 Å². The van der Waals surface area contributed by atoms with Crippen molar-refractivity contribution < 1.29 is 9.47 Å².